The number of aromatic nitrogens is 1. The van der Waals surface area contributed by atoms with Crippen LogP contribution in [0.5, 0.6) is 0 Å². The molecule has 2 aromatic rings. The zero-order chi connectivity index (χ0) is 16.7. The third-order valence-electron chi connectivity index (χ3n) is 3.68. The summed E-state index contributed by atoms with van der Waals surface area (Å²) in [5.41, 5.74) is 5.96. The number of hydrogen-bond acceptors (Lipinski definition) is 4. The standard InChI is InChI=1S/C18H22N4O/c1-4-22(5-2)17-8-6-16(7-9-17)18(23)21-20-14(3)15-10-12-19-13-11-15/h6-13H,4-5H2,1-3H3,(H,21,23)/b20-14-. The minimum absolute atomic E-state index is 0.218. The van der Waals surface area contributed by atoms with E-state index >= 15 is 0 Å². The molecule has 2 rings (SSSR count). The number of pyridine rings is 1. The fraction of sp³-hybridized carbons (Fsp3) is 0.278. The van der Waals surface area contributed by atoms with Crippen molar-refractivity contribution in [3.8, 4) is 0 Å². The molecule has 1 aromatic carbocycles. The number of hydrogen-bond donors (Lipinski definition) is 1. The summed E-state index contributed by atoms with van der Waals surface area (Å²) >= 11 is 0. The molecule has 0 spiro atoms. The van der Waals surface area contributed by atoms with Gasteiger partial charge in [-0.1, -0.05) is 0 Å². The van der Waals surface area contributed by atoms with Crippen LogP contribution in [0.2, 0.25) is 0 Å². The van der Waals surface area contributed by atoms with Gasteiger partial charge in [0, 0.05) is 42.3 Å². The van der Waals surface area contributed by atoms with Gasteiger partial charge in [0.1, 0.15) is 0 Å². The molecular formula is C18H22N4O. The number of hydrazone groups is 1. The van der Waals surface area contributed by atoms with Crippen LogP contribution >= 0.6 is 0 Å². The first-order valence-corrected chi connectivity index (χ1v) is 7.75. The van der Waals surface area contributed by atoms with Crippen molar-refractivity contribution in [3.05, 3.63) is 59.9 Å². The van der Waals surface area contributed by atoms with Crippen molar-refractivity contribution >= 4 is 17.3 Å². The van der Waals surface area contributed by atoms with Crippen LogP contribution in [0.1, 0.15) is 36.7 Å². The maximum absolute atomic E-state index is 12.2. The molecule has 0 fully saturated rings. The molecule has 0 unspecified atom stereocenters. The van der Waals surface area contributed by atoms with Gasteiger partial charge in [0.05, 0.1) is 5.71 Å². The highest BCUT2D eigenvalue weighted by molar-refractivity contribution is 6.00. The number of nitrogens with one attached hydrogen (secondary N) is 1. The van der Waals surface area contributed by atoms with Crippen molar-refractivity contribution < 1.29 is 4.79 Å². The van der Waals surface area contributed by atoms with E-state index in [1.54, 1.807) is 12.4 Å². The molecular weight excluding hydrogens is 288 g/mol. The lowest BCUT2D eigenvalue weighted by Gasteiger charge is -2.20. The Morgan fingerprint density at radius 3 is 2.22 bits per heavy atom. The summed E-state index contributed by atoms with van der Waals surface area (Å²) < 4.78 is 0. The molecule has 0 aliphatic heterocycles. The molecule has 0 radical (unpaired) electrons. The van der Waals surface area contributed by atoms with Crippen molar-refractivity contribution in [3.63, 3.8) is 0 Å². The van der Waals surface area contributed by atoms with Gasteiger partial charge in [0.15, 0.2) is 0 Å². The lowest BCUT2D eigenvalue weighted by Crippen LogP contribution is -2.22. The third kappa shape index (κ3) is 4.39. The lowest BCUT2D eigenvalue weighted by molar-refractivity contribution is 0.0955. The fourth-order valence-electron chi connectivity index (χ4n) is 2.27. The first-order chi connectivity index (χ1) is 11.2. The Hall–Kier alpha value is -2.69. The van der Waals surface area contributed by atoms with Crippen LogP contribution in [-0.2, 0) is 0 Å². The van der Waals surface area contributed by atoms with Crippen LogP contribution in [0.4, 0.5) is 5.69 Å². The molecule has 0 aliphatic carbocycles. The fourth-order valence-corrected chi connectivity index (χ4v) is 2.27. The second-order valence-electron chi connectivity index (χ2n) is 5.09. The molecule has 0 atom stereocenters. The summed E-state index contributed by atoms with van der Waals surface area (Å²) in [6.07, 6.45) is 3.39. The summed E-state index contributed by atoms with van der Waals surface area (Å²) in [6.45, 7) is 7.95. The maximum atomic E-state index is 12.2. The molecule has 1 heterocycles. The Labute approximate surface area is 137 Å². The van der Waals surface area contributed by atoms with Crippen molar-refractivity contribution in [1.82, 2.24) is 10.4 Å². The van der Waals surface area contributed by atoms with E-state index in [9.17, 15) is 4.79 Å². The number of carbonyl (C=O) groups is 1. The van der Waals surface area contributed by atoms with E-state index in [-0.39, 0.29) is 5.91 Å². The second-order valence-corrected chi connectivity index (χ2v) is 5.09. The maximum Gasteiger partial charge on any atom is 0.271 e. The van der Waals surface area contributed by atoms with E-state index < -0.39 is 0 Å². The number of carbonyl (C=O) groups excluding carboxylic acids is 1. The molecule has 1 aromatic heterocycles. The van der Waals surface area contributed by atoms with Crippen LogP contribution < -0.4 is 10.3 Å². The van der Waals surface area contributed by atoms with Gasteiger partial charge >= 0.3 is 0 Å². The van der Waals surface area contributed by atoms with Crippen molar-refractivity contribution in [2.45, 2.75) is 20.8 Å². The van der Waals surface area contributed by atoms with E-state index in [2.05, 4.69) is 34.3 Å². The SMILES string of the molecule is CCN(CC)c1ccc(C(=O)N/N=C(/C)c2ccncc2)cc1. The minimum Gasteiger partial charge on any atom is -0.372 e. The summed E-state index contributed by atoms with van der Waals surface area (Å²) in [5.74, 6) is -0.218. The molecule has 5 heteroatoms. The quantitative estimate of drug-likeness (QED) is 0.659. The summed E-state index contributed by atoms with van der Waals surface area (Å²) in [4.78, 5) is 18.3. The number of nitrogens with zero attached hydrogens (tertiary/aromatic N) is 3. The monoisotopic (exact) mass is 310 g/mol. The Balaban J connectivity index is 2.03. The predicted molar refractivity (Wildman–Crippen MR) is 93.9 cm³/mol. The summed E-state index contributed by atoms with van der Waals surface area (Å²) in [6, 6.07) is 11.3. The van der Waals surface area contributed by atoms with Gasteiger partial charge in [-0.05, 0) is 57.2 Å². The lowest BCUT2D eigenvalue weighted by atomic mass is 10.2. The van der Waals surface area contributed by atoms with Gasteiger partial charge in [-0.15, -0.1) is 0 Å². The third-order valence-corrected chi connectivity index (χ3v) is 3.68. The summed E-state index contributed by atoms with van der Waals surface area (Å²) in [5, 5.41) is 4.14. The van der Waals surface area contributed by atoms with E-state index in [0.29, 0.717) is 5.56 Å². The van der Waals surface area contributed by atoms with Crippen molar-refractivity contribution in [2.75, 3.05) is 18.0 Å². The number of anilines is 1. The highest BCUT2D eigenvalue weighted by atomic mass is 16.2. The van der Waals surface area contributed by atoms with Crippen LogP contribution in [0.15, 0.2) is 53.9 Å². The van der Waals surface area contributed by atoms with Gasteiger partial charge in [0.2, 0.25) is 0 Å². The Kier molecular flexibility index (Phi) is 5.86. The van der Waals surface area contributed by atoms with Crippen molar-refractivity contribution in [1.29, 1.82) is 0 Å². The molecule has 0 bridgehead atoms. The molecule has 1 amide bonds. The van der Waals surface area contributed by atoms with Crippen molar-refractivity contribution in [2.24, 2.45) is 5.10 Å². The average Bonchev–Trinajstić information content (AvgIpc) is 2.61. The molecule has 0 aliphatic rings. The molecule has 23 heavy (non-hydrogen) atoms. The molecule has 5 nitrogen and oxygen atoms in total. The summed E-state index contributed by atoms with van der Waals surface area (Å²) in [7, 11) is 0. The van der Waals surface area contributed by atoms with Gasteiger partial charge in [0.25, 0.3) is 5.91 Å². The van der Waals surface area contributed by atoms with Gasteiger partial charge < -0.3 is 4.90 Å². The van der Waals surface area contributed by atoms with Crippen LogP contribution in [0.3, 0.4) is 0 Å². The molecule has 1 N–H and O–H groups in total. The van der Waals surface area contributed by atoms with Crippen LogP contribution in [-0.4, -0.2) is 29.7 Å². The molecule has 120 valence electrons. The highest BCUT2D eigenvalue weighted by Gasteiger charge is 2.07. The van der Waals surface area contributed by atoms with E-state index in [1.165, 1.54) is 0 Å². The van der Waals surface area contributed by atoms with E-state index in [4.69, 9.17) is 0 Å². The average molecular weight is 310 g/mol. The first-order valence-electron chi connectivity index (χ1n) is 7.75. The molecule has 0 saturated heterocycles. The smallest absolute Gasteiger partial charge is 0.271 e. The normalized spacial score (nSPS) is 11.2. The van der Waals surface area contributed by atoms with Crippen LogP contribution in [0.25, 0.3) is 0 Å². The minimum atomic E-state index is -0.218. The second kappa shape index (κ2) is 8.08. The molecule has 0 saturated carbocycles. The number of amides is 1. The Bertz CT molecular complexity index is 661. The topological polar surface area (TPSA) is 57.6 Å². The van der Waals surface area contributed by atoms with Gasteiger partial charge in [-0.3, -0.25) is 9.78 Å². The zero-order valence-electron chi connectivity index (χ0n) is 13.8. The predicted octanol–water partition coefficient (Wildman–Crippen LogP) is 3.08. The van der Waals surface area contributed by atoms with Gasteiger partial charge in [-0.2, -0.15) is 5.10 Å². The van der Waals surface area contributed by atoms with E-state index in [1.807, 2.05) is 43.3 Å². The first kappa shape index (κ1) is 16.7. The van der Waals surface area contributed by atoms with Gasteiger partial charge in [-0.25, -0.2) is 5.43 Å². The zero-order valence-corrected chi connectivity index (χ0v) is 13.8. The van der Waals surface area contributed by atoms with E-state index in [0.717, 1.165) is 30.1 Å². The van der Waals surface area contributed by atoms with Crippen LogP contribution in [0, 0.1) is 0 Å². The Morgan fingerprint density at radius 2 is 1.65 bits per heavy atom. The largest absolute Gasteiger partial charge is 0.372 e. The Morgan fingerprint density at radius 1 is 1.04 bits per heavy atom. The number of rotatable bonds is 6. The highest BCUT2D eigenvalue weighted by Crippen LogP contribution is 2.14. The number of benzene rings is 1.